The van der Waals surface area contributed by atoms with Crippen LogP contribution in [0, 0.1) is 29.3 Å². The van der Waals surface area contributed by atoms with Gasteiger partial charge in [0.15, 0.2) is 17.5 Å². The summed E-state index contributed by atoms with van der Waals surface area (Å²) in [6, 6.07) is 4.79. The number of H-pyrrole nitrogens is 1. The van der Waals surface area contributed by atoms with Crippen molar-refractivity contribution in [1.29, 1.82) is 0 Å². The fourth-order valence-corrected chi connectivity index (χ4v) is 5.98. The number of aromatic amines is 1. The molecule has 1 saturated carbocycles. The van der Waals surface area contributed by atoms with Crippen LogP contribution in [0.4, 0.5) is 38.0 Å². The van der Waals surface area contributed by atoms with Crippen LogP contribution in [0.25, 0.3) is 0 Å². The van der Waals surface area contributed by atoms with Crippen molar-refractivity contribution in [2.24, 2.45) is 11.8 Å². The topological polar surface area (TPSA) is 69.7 Å². The number of benzene rings is 1. The van der Waals surface area contributed by atoms with Crippen LogP contribution in [0.3, 0.4) is 0 Å². The van der Waals surface area contributed by atoms with E-state index in [0.717, 1.165) is 25.0 Å². The van der Waals surface area contributed by atoms with Gasteiger partial charge >= 0.3 is 6.18 Å². The molecule has 1 unspecified atom stereocenters. The maximum absolute atomic E-state index is 14.7. The Hall–Kier alpha value is -3.02. The van der Waals surface area contributed by atoms with Crippen LogP contribution in [0.2, 0.25) is 0 Å². The molecule has 4 atom stereocenters. The second-order valence-electron chi connectivity index (χ2n) is 10.1. The van der Waals surface area contributed by atoms with Crippen LogP contribution < -0.4 is 10.2 Å². The van der Waals surface area contributed by atoms with Gasteiger partial charge in [-0.25, -0.2) is 13.2 Å². The molecule has 3 heterocycles. The highest BCUT2D eigenvalue weighted by molar-refractivity contribution is 6.17. The van der Waals surface area contributed by atoms with E-state index in [9.17, 15) is 26.3 Å². The zero-order chi connectivity index (χ0) is 27.7. The Balaban J connectivity index is 1.31. The summed E-state index contributed by atoms with van der Waals surface area (Å²) in [5, 5.41) is 11.8. The van der Waals surface area contributed by atoms with Gasteiger partial charge in [-0.2, -0.15) is 13.2 Å². The van der Waals surface area contributed by atoms with Gasteiger partial charge in [-0.05, 0) is 55.7 Å². The third-order valence-corrected chi connectivity index (χ3v) is 7.95. The van der Waals surface area contributed by atoms with Gasteiger partial charge in [0.2, 0.25) is 5.95 Å². The van der Waals surface area contributed by atoms with Crippen molar-refractivity contribution in [3.05, 3.63) is 65.0 Å². The first-order valence-electron chi connectivity index (χ1n) is 12.8. The largest absolute Gasteiger partial charge is 0.433 e. The summed E-state index contributed by atoms with van der Waals surface area (Å²) < 4.78 is 81.7. The van der Waals surface area contributed by atoms with E-state index in [1.807, 2.05) is 4.90 Å². The number of fused-ring (bicyclic) bond motifs is 2. The van der Waals surface area contributed by atoms with Crippen molar-refractivity contribution in [2.45, 2.75) is 50.2 Å². The predicted octanol–water partition coefficient (Wildman–Crippen LogP) is 6.50. The van der Waals surface area contributed by atoms with Gasteiger partial charge in [-0.15, -0.1) is 21.8 Å². The van der Waals surface area contributed by atoms with E-state index in [2.05, 4.69) is 25.5 Å². The lowest BCUT2D eigenvalue weighted by molar-refractivity contribution is -0.141. The first-order valence-corrected chi connectivity index (χ1v) is 13.4. The summed E-state index contributed by atoms with van der Waals surface area (Å²) in [7, 11) is 0. The van der Waals surface area contributed by atoms with Crippen molar-refractivity contribution in [2.75, 3.05) is 29.2 Å². The number of hydrogen-bond donors (Lipinski definition) is 2. The molecule has 3 aromatic rings. The molecular formula is C26H27ClF6N6. The zero-order valence-corrected chi connectivity index (χ0v) is 21.5. The monoisotopic (exact) mass is 572 g/mol. The molecule has 6 nitrogen and oxygen atoms in total. The second kappa shape index (κ2) is 11.2. The number of alkyl halides is 4. The molecular weight excluding hydrogens is 546 g/mol. The fourth-order valence-electron chi connectivity index (χ4n) is 5.79. The van der Waals surface area contributed by atoms with E-state index >= 15 is 0 Å². The van der Waals surface area contributed by atoms with Crippen molar-refractivity contribution >= 4 is 23.2 Å². The van der Waals surface area contributed by atoms with Crippen LogP contribution >= 0.6 is 11.6 Å². The number of anilines is 2. The molecule has 0 radical (unpaired) electrons. The van der Waals surface area contributed by atoms with E-state index in [4.69, 9.17) is 11.6 Å². The number of rotatable bonds is 9. The molecule has 2 aliphatic rings. The summed E-state index contributed by atoms with van der Waals surface area (Å²) in [5.41, 5.74) is -0.446. The Bertz CT molecular complexity index is 1290. The molecule has 1 aliphatic carbocycles. The van der Waals surface area contributed by atoms with Crippen molar-refractivity contribution in [3.8, 4) is 0 Å². The Morgan fingerprint density at radius 1 is 1.03 bits per heavy atom. The molecule has 1 saturated heterocycles. The number of nitrogens with zero attached hydrogens (tertiary/aromatic N) is 4. The summed E-state index contributed by atoms with van der Waals surface area (Å²) >= 11 is 5.79. The van der Waals surface area contributed by atoms with Gasteiger partial charge in [0.1, 0.15) is 11.5 Å². The van der Waals surface area contributed by atoms with E-state index in [1.54, 1.807) is 6.07 Å². The number of halogens is 7. The van der Waals surface area contributed by atoms with Gasteiger partial charge < -0.3 is 15.2 Å². The molecule has 2 aromatic heterocycles. The van der Waals surface area contributed by atoms with Crippen LogP contribution in [-0.2, 0) is 6.18 Å². The van der Waals surface area contributed by atoms with Crippen molar-refractivity contribution in [3.63, 3.8) is 0 Å². The lowest BCUT2D eigenvalue weighted by Crippen LogP contribution is -2.48. The molecule has 5 rings (SSSR count). The standard InChI is InChI=1S/C26H27ClF6N6/c27-9-2-1-3-18(17-6-7-19(28)22(30)21(17)29)24-36-25(38-37-24)35-23-14-4-5-15(23)13-39(12-14)16-8-10-34-20(11-16)26(31,32)33/h6-8,10-11,14-15,18,23H,1-5,9,12-13H2,(H2,35,36,37,38)/t14-,15+,18?,23+. The highest BCUT2D eigenvalue weighted by Gasteiger charge is 2.43. The van der Waals surface area contributed by atoms with E-state index < -0.39 is 35.2 Å². The number of pyridine rings is 1. The normalized spacial score (nSPS) is 21.8. The van der Waals surface area contributed by atoms with Crippen molar-refractivity contribution in [1.82, 2.24) is 20.2 Å². The third kappa shape index (κ3) is 5.80. The molecule has 1 aliphatic heterocycles. The molecule has 2 N–H and O–H groups in total. The third-order valence-electron chi connectivity index (χ3n) is 7.69. The second-order valence-corrected chi connectivity index (χ2v) is 10.5. The summed E-state index contributed by atoms with van der Waals surface area (Å²) in [4.78, 5) is 8.50. The Morgan fingerprint density at radius 3 is 2.46 bits per heavy atom. The van der Waals surface area contributed by atoms with Crippen LogP contribution in [0.1, 0.15) is 55.1 Å². The minimum Gasteiger partial charge on any atom is -0.371 e. The Kier molecular flexibility index (Phi) is 7.93. The minimum atomic E-state index is -4.51. The fraction of sp³-hybridized carbons (Fsp3) is 0.500. The summed E-state index contributed by atoms with van der Waals surface area (Å²) in [6.45, 7) is 1.13. The number of nitrogens with one attached hydrogen (secondary N) is 2. The van der Waals surface area contributed by atoms with Crippen molar-refractivity contribution < 1.29 is 26.3 Å². The lowest BCUT2D eigenvalue weighted by Gasteiger charge is -2.39. The summed E-state index contributed by atoms with van der Waals surface area (Å²) in [5.74, 6) is -3.33. The Morgan fingerprint density at radius 2 is 1.77 bits per heavy atom. The summed E-state index contributed by atoms with van der Waals surface area (Å²) in [6.07, 6.45) is 0.147. The highest BCUT2D eigenvalue weighted by atomic mass is 35.5. The molecule has 2 fully saturated rings. The molecule has 210 valence electrons. The van der Waals surface area contributed by atoms with E-state index in [0.29, 0.717) is 55.7 Å². The first-order chi connectivity index (χ1) is 18.7. The maximum Gasteiger partial charge on any atom is 0.433 e. The molecule has 0 spiro atoms. The lowest BCUT2D eigenvalue weighted by atomic mass is 9.91. The maximum atomic E-state index is 14.7. The Labute approximate surface area is 226 Å². The number of piperidine rings is 1. The minimum absolute atomic E-state index is 0.0145. The van der Waals surface area contributed by atoms with Gasteiger partial charge in [0.05, 0.1) is 0 Å². The van der Waals surface area contributed by atoms with Gasteiger partial charge in [0.25, 0.3) is 0 Å². The van der Waals surface area contributed by atoms with Gasteiger partial charge in [0, 0.05) is 48.4 Å². The molecule has 13 heteroatoms. The average molecular weight is 573 g/mol. The number of aromatic nitrogens is 4. The predicted molar refractivity (Wildman–Crippen MR) is 134 cm³/mol. The van der Waals surface area contributed by atoms with Crippen LogP contribution in [0.5, 0.6) is 0 Å². The van der Waals surface area contributed by atoms with Gasteiger partial charge in [-0.3, -0.25) is 4.98 Å². The van der Waals surface area contributed by atoms with E-state index in [-0.39, 0.29) is 23.4 Å². The SMILES string of the molecule is Fc1ccc(C(CCCCCl)c2nnc(N[C@H]3[C@@H]4CC[C@H]3CN(c3ccnc(C(F)(F)F)c3)C4)[nH]2)c(F)c1F. The molecule has 1 aromatic carbocycles. The first kappa shape index (κ1) is 27.5. The molecule has 0 amide bonds. The van der Waals surface area contributed by atoms with Crippen LogP contribution in [0.15, 0.2) is 30.5 Å². The number of hydrogen-bond acceptors (Lipinski definition) is 5. The van der Waals surface area contributed by atoms with Crippen LogP contribution in [-0.4, -0.2) is 45.2 Å². The molecule has 39 heavy (non-hydrogen) atoms. The van der Waals surface area contributed by atoms with E-state index in [1.165, 1.54) is 12.3 Å². The smallest absolute Gasteiger partial charge is 0.371 e. The molecule has 2 bridgehead atoms. The number of unbranched alkanes of at least 4 members (excludes halogenated alkanes) is 1. The quantitative estimate of drug-likeness (QED) is 0.132. The highest BCUT2D eigenvalue weighted by Crippen LogP contribution is 2.41. The average Bonchev–Trinajstić information content (AvgIpc) is 3.45. The zero-order valence-electron chi connectivity index (χ0n) is 20.8. The van der Waals surface area contributed by atoms with Gasteiger partial charge in [-0.1, -0.05) is 12.5 Å².